The summed E-state index contributed by atoms with van der Waals surface area (Å²) in [7, 11) is 1.69. The standard InChI is InChI=1S/C19H34N2O3/c1-24-15-19(7-6-8-19)18(23)21-12-16(17(13-21)14-22)11-20-9-4-2-3-5-10-20/h16-17,22H,2-15H2,1H3. The van der Waals surface area contributed by atoms with Crippen LogP contribution in [0.2, 0.25) is 0 Å². The molecule has 1 N–H and O–H groups in total. The normalized spacial score (nSPS) is 30.8. The van der Waals surface area contributed by atoms with E-state index in [0.29, 0.717) is 12.5 Å². The van der Waals surface area contributed by atoms with Crippen LogP contribution in [0, 0.1) is 17.3 Å². The minimum absolute atomic E-state index is 0.194. The number of nitrogens with zero attached hydrogens (tertiary/aromatic N) is 2. The molecule has 3 fully saturated rings. The van der Waals surface area contributed by atoms with Crippen molar-refractivity contribution in [1.82, 2.24) is 9.80 Å². The molecule has 2 saturated heterocycles. The van der Waals surface area contributed by atoms with Crippen molar-refractivity contribution in [1.29, 1.82) is 0 Å². The van der Waals surface area contributed by atoms with Gasteiger partial charge in [0.05, 0.1) is 12.0 Å². The molecule has 3 aliphatic rings. The van der Waals surface area contributed by atoms with Crippen molar-refractivity contribution in [3.05, 3.63) is 0 Å². The van der Waals surface area contributed by atoms with Crippen LogP contribution in [0.5, 0.6) is 0 Å². The lowest BCUT2D eigenvalue weighted by Gasteiger charge is -2.42. The molecule has 0 aromatic heterocycles. The fourth-order valence-corrected chi connectivity index (χ4v) is 4.80. The maximum Gasteiger partial charge on any atom is 0.231 e. The summed E-state index contributed by atoms with van der Waals surface area (Å²) < 4.78 is 5.34. The maximum absolute atomic E-state index is 13.0. The molecule has 1 saturated carbocycles. The SMILES string of the molecule is COCC1(C(=O)N2CC(CO)C(CN3CCCCCC3)C2)CCC1. The Kier molecular flexibility index (Phi) is 6.17. The predicted octanol–water partition coefficient (Wildman–Crippen LogP) is 1.75. The highest BCUT2D eigenvalue weighted by atomic mass is 16.5. The molecule has 1 aliphatic carbocycles. The highest BCUT2D eigenvalue weighted by Crippen LogP contribution is 2.44. The highest BCUT2D eigenvalue weighted by Gasteiger charge is 2.49. The van der Waals surface area contributed by atoms with E-state index in [2.05, 4.69) is 4.90 Å². The van der Waals surface area contributed by atoms with Crippen molar-refractivity contribution < 1.29 is 14.6 Å². The number of rotatable bonds is 6. The van der Waals surface area contributed by atoms with Crippen molar-refractivity contribution in [3.8, 4) is 0 Å². The summed E-state index contributed by atoms with van der Waals surface area (Å²) >= 11 is 0. The van der Waals surface area contributed by atoms with Crippen LogP contribution in [-0.2, 0) is 9.53 Å². The smallest absolute Gasteiger partial charge is 0.231 e. The number of hydrogen-bond acceptors (Lipinski definition) is 4. The van der Waals surface area contributed by atoms with E-state index < -0.39 is 0 Å². The zero-order valence-electron chi connectivity index (χ0n) is 15.2. The van der Waals surface area contributed by atoms with Gasteiger partial charge in [0.25, 0.3) is 0 Å². The minimum atomic E-state index is -0.272. The van der Waals surface area contributed by atoms with E-state index in [-0.39, 0.29) is 23.8 Å². The van der Waals surface area contributed by atoms with Crippen LogP contribution in [-0.4, -0.2) is 73.9 Å². The number of amides is 1. The molecule has 0 bridgehead atoms. The molecule has 5 heteroatoms. The van der Waals surface area contributed by atoms with E-state index >= 15 is 0 Å². The van der Waals surface area contributed by atoms with Crippen LogP contribution in [0.3, 0.4) is 0 Å². The Morgan fingerprint density at radius 2 is 1.75 bits per heavy atom. The summed E-state index contributed by atoms with van der Waals surface area (Å²) in [5.74, 6) is 0.918. The number of ether oxygens (including phenoxy) is 1. The fourth-order valence-electron chi connectivity index (χ4n) is 4.80. The maximum atomic E-state index is 13.0. The van der Waals surface area contributed by atoms with Crippen LogP contribution in [0.25, 0.3) is 0 Å². The van der Waals surface area contributed by atoms with Gasteiger partial charge in [-0.05, 0) is 44.7 Å². The van der Waals surface area contributed by atoms with Crippen LogP contribution in [0.1, 0.15) is 44.9 Å². The van der Waals surface area contributed by atoms with Gasteiger partial charge in [0.2, 0.25) is 5.91 Å². The summed E-state index contributed by atoms with van der Waals surface area (Å²) in [5.41, 5.74) is -0.272. The summed E-state index contributed by atoms with van der Waals surface area (Å²) in [4.78, 5) is 17.6. The molecule has 2 atom stereocenters. The van der Waals surface area contributed by atoms with E-state index in [1.165, 1.54) is 38.8 Å². The first-order valence-electron chi connectivity index (χ1n) is 9.80. The van der Waals surface area contributed by atoms with Crippen molar-refractivity contribution in [2.24, 2.45) is 17.3 Å². The number of aliphatic hydroxyl groups excluding tert-OH is 1. The van der Waals surface area contributed by atoms with Crippen LogP contribution in [0.15, 0.2) is 0 Å². The molecule has 2 aliphatic heterocycles. The van der Waals surface area contributed by atoms with Gasteiger partial charge >= 0.3 is 0 Å². The van der Waals surface area contributed by atoms with E-state index in [4.69, 9.17) is 4.74 Å². The third-order valence-electron chi connectivity index (χ3n) is 6.47. The van der Waals surface area contributed by atoms with Gasteiger partial charge in [-0.3, -0.25) is 4.79 Å². The van der Waals surface area contributed by atoms with E-state index in [1.807, 2.05) is 4.90 Å². The Labute approximate surface area is 146 Å². The van der Waals surface area contributed by atoms with Gasteiger partial charge in [-0.2, -0.15) is 0 Å². The van der Waals surface area contributed by atoms with E-state index in [1.54, 1.807) is 7.11 Å². The third kappa shape index (κ3) is 3.78. The Bertz CT molecular complexity index is 417. The van der Waals surface area contributed by atoms with Gasteiger partial charge in [0.15, 0.2) is 0 Å². The fraction of sp³-hybridized carbons (Fsp3) is 0.947. The predicted molar refractivity (Wildman–Crippen MR) is 93.7 cm³/mol. The van der Waals surface area contributed by atoms with Crippen molar-refractivity contribution in [2.45, 2.75) is 44.9 Å². The second-order valence-corrected chi connectivity index (χ2v) is 8.19. The Morgan fingerprint density at radius 1 is 1.08 bits per heavy atom. The van der Waals surface area contributed by atoms with Gasteiger partial charge in [-0.25, -0.2) is 0 Å². The lowest BCUT2D eigenvalue weighted by atomic mass is 9.68. The van der Waals surface area contributed by atoms with Crippen LogP contribution >= 0.6 is 0 Å². The summed E-state index contributed by atoms with van der Waals surface area (Å²) in [6, 6.07) is 0. The number of aliphatic hydroxyl groups is 1. The Balaban J connectivity index is 1.60. The first-order valence-corrected chi connectivity index (χ1v) is 9.80. The van der Waals surface area contributed by atoms with Gasteiger partial charge in [0, 0.05) is 39.3 Å². The monoisotopic (exact) mass is 338 g/mol. The number of carbonyl (C=O) groups excluding carboxylic acids is 1. The molecule has 0 aromatic rings. The Morgan fingerprint density at radius 3 is 2.29 bits per heavy atom. The van der Waals surface area contributed by atoms with E-state index in [9.17, 15) is 9.90 Å². The molecule has 0 aromatic carbocycles. The minimum Gasteiger partial charge on any atom is -0.396 e. The molecular formula is C19H34N2O3. The number of likely N-dealkylation sites (tertiary alicyclic amines) is 2. The molecule has 0 radical (unpaired) electrons. The lowest BCUT2D eigenvalue weighted by molar-refractivity contribution is -0.151. The average molecular weight is 338 g/mol. The lowest BCUT2D eigenvalue weighted by Crippen LogP contribution is -2.50. The van der Waals surface area contributed by atoms with E-state index in [0.717, 1.165) is 38.9 Å². The van der Waals surface area contributed by atoms with Crippen molar-refractivity contribution >= 4 is 5.91 Å². The Hall–Kier alpha value is -0.650. The molecule has 2 unspecified atom stereocenters. The van der Waals surface area contributed by atoms with Gasteiger partial charge < -0.3 is 19.6 Å². The second-order valence-electron chi connectivity index (χ2n) is 8.19. The zero-order chi connectivity index (χ0) is 17.0. The quantitative estimate of drug-likeness (QED) is 0.802. The number of methoxy groups -OCH3 is 1. The zero-order valence-corrected chi connectivity index (χ0v) is 15.2. The first-order chi connectivity index (χ1) is 11.7. The molecular weight excluding hydrogens is 304 g/mol. The van der Waals surface area contributed by atoms with Crippen LogP contribution < -0.4 is 0 Å². The molecule has 5 nitrogen and oxygen atoms in total. The number of carbonyl (C=O) groups is 1. The largest absolute Gasteiger partial charge is 0.396 e. The van der Waals surface area contributed by atoms with Crippen LogP contribution in [0.4, 0.5) is 0 Å². The first kappa shape index (κ1) is 18.2. The van der Waals surface area contributed by atoms with Crippen molar-refractivity contribution in [3.63, 3.8) is 0 Å². The molecule has 3 rings (SSSR count). The van der Waals surface area contributed by atoms with Gasteiger partial charge in [0.1, 0.15) is 0 Å². The highest BCUT2D eigenvalue weighted by molar-refractivity contribution is 5.84. The molecule has 1 amide bonds. The second kappa shape index (κ2) is 8.15. The summed E-state index contributed by atoms with van der Waals surface area (Å²) in [5, 5.41) is 9.82. The van der Waals surface area contributed by atoms with Crippen molar-refractivity contribution in [2.75, 3.05) is 53.0 Å². The average Bonchev–Trinajstić information content (AvgIpc) is 2.77. The summed E-state index contributed by atoms with van der Waals surface area (Å²) in [6.07, 6.45) is 8.30. The topological polar surface area (TPSA) is 53.0 Å². The van der Waals surface area contributed by atoms with Gasteiger partial charge in [-0.1, -0.05) is 19.3 Å². The molecule has 0 spiro atoms. The van der Waals surface area contributed by atoms with Gasteiger partial charge in [-0.15, -0.1) is 0 Å². The molecule has 24 heavy (non-hydrogen) atoms. The molecule has 138 valence electrons. The number of hydrogen-bond donors (Lipinski definition) is 1. The molecule has 2 heterocycles. The third-order valence-corrected chi connectivity index (χ3v) is 6.47. The summed E-state index contributed by atoms with van der Waals surface area (Å²) in [6.45, 7) is 5.66.